The van der Waals surface area contributed by atoms with E-state index in [0.29, 0.717) is 18.2 Å². The number of nitrogens with zero attached hydrogens (tertiary/aromatic N) is 2. The molecule has 0 N–H and O–H groups in total. The molecule has 1 atom stereocenters. The molecular weight excluding hydrogens is 341 g/mol. The summed E-state index contributed by atoms with van der Waals surface area (Å²) in [6, 6.07) is 3.13. The van der Waals surface area contributed by atoms with Gasteiger partial charge in [0.25, 0.3) is 0 Å². The number of carbonyl (C=O) groups excluding carboxylic acids is 1. The number of aromatic nitrogens is 2. The third-order valence-corrected chi connectivity index (χ3v) is 4.01. The van der Waals surface area contributed by atoms with Crippen LogP contribution in [0.2, 0.25) is 0 Å². The maximum Gasteiger partial charge on any atom is 0.142 e. The minimum atomic E-state index is -0.345. The molecular formula is C10H7FIN2OP. The summed E-state index contributed by atoms with van der Waals surface area (Å²) in [4.78, 5) is 10.2. The first-order chi connectivity index (χ1) is 7.76. The summed E-state index contributed by atoms with van der Waals surface area (Å²) in [5.74, 6) is -0.345. The fraction of sp³-hybridized carbons (Fsp3) is 0. The van der Waals surface area contributed by atoms with Gasteiger partial charge in [0, 0.05) is 10.9 Å². The number of halogens is 2. The highest BCUT2D eigenvalue weighted by Gasteiger charge is 2.06. The van der Waals surface area contributed by atoms with E-state index in [0.717, 1.165) is 10.9 Å². The first kappa shape index (κ1) is 11.7. The lowest BCUT2D eigenvalue weighted by molar-refractivity contribution is -0.104. The summed E-state index contributed by atoms with van der Waals surface area (Å²) in [6.45, 7) is 0. The van der Waals surface area contributed by atoms with Crippen molar-refractivity contribution in [2.24, 2.45) is 0 Å². The SMILES string of the molecule is O=C/C=C/c1cc2c(cnn2PI)cc1F. The van der Waals surface area contributed by atoms with Crippen LogP contribution in [0.5, 0.6) is 0 Å². The highest BCUT2D eigenvalue weighted by Crippen LogP contribution is 2.29. The fourth-order valence-corrected chi connectivity index (χ4v) is 2.94. The van der Waals surface area contributed by atoms with Crippen molar-refractivity contribution in [1.82, 2.24) is 9.55 Å². The first-order valence-corrected chi connectivity index (χ1v) is 8.48. The van der Waals surface area contributed by atoms with Crippen LogP contribution in [-0.2, 0) is 4.79 Å². The molecule has 82 valence electrons. The molecule has 0 aliphatic heterocycles. The third kappa shape index (κ3) is 2.15. The van der Waals surface area contributed by atoms with Crippen LogP contribution in [0.25, 0.3) is 17.0 Å². The normalized spacial score (nSPS) is 12.1. The molecule has 6 heteroatoms. The van der Waals surface area contributed by atoms with Crippen LogP contribution in [0.15, 0.2) is 24.4 Å². The van der Waals surface area contributed by atoms with Gasteiger partial charge in [-0.05, 0) is 46.3 Å². The average Bonchev–Trinajstić information content (AvgIpc) is 2.68. The van der Waals surface area contributed by atoms with E-state index < -0.39 is 0 Å². The summed E-state index contributed by atoms with van der Waals surface area (Å²) in [5, 5.41) is 4.91. The zero-order valence-electron chi connectivity index (χ0n) is 8.02. The minimum Gasteiger partial charge on any atom is -0.299 e. The van der Waals surface area contributed by atoms with Crippen LogP contribution in [-0.4, -0.2) is 15.8 Å². The van der Waals surface area contributed by atoms with Gasteiger partial charge in [0.15, 0.2) is 0 Å². The lowest BCUT2D eigenvalue weighted by atomic mass is 10.1. The van der Waals surface area contributed by atoms with E-state index >= 15 is 0 Å². The zero-order chi connectivity index (χ0) is 11.5. The van der Waals surface area contributed by atoms with Crippen molar-refractivity contribution in [3.05, 3.63) is 35.8 Å². The van der Waals surface area contributed by atoms with Gasteiger partial charge in [-0.15, -0.1) is 0 Å². The topological polar surface area (TPSA) is 34.9 Å². The molecule has 0 aliphatic rings. The van der Waals surface area contributed by atoms with Gasteiger partial charge in [-0.25, -0.2) is 8.84 Å². The summed E-state index contributed by atoms with van der Waals surface area (Å²) >= 11 is 2.21. The molecule has 1 aromatic carbocycles. The van der Waals surface area contributed by atoms with Crippen LogP contribution in [0.1, 0.15) is 5.56 Å². The number of hydrogen-bond acceptors (Lipinski definition) is 2. The van der Waals surface area contributed by atoms with Crippen molar-refractivity contribution < 1.29 is 9.18 Å². The van der Waals surface area contributed by atoms with Crippen LogP contribution < -0.4 is 0 Å². The lowest BCUT2D eigenvalue weighted by Crippen LogP contribution is -1.86. The zero-order valence-corrected chi connectivity index (χ0v) is 11.2. The Balaban J connectivity index is 2.62. The van der Waals surface area contributed by atoms with Gasteiger partial charge in [0.05, 0.1) is 18.1 Å². The number of hydrogen-bond donors (Lipinski definition) is 0. The second-order valence-electron chi connectivity index (χ2n) is 3.07. The predicted octanol–water partition coefficient (Wildman–Crippen LogP) is 3.18. The van der Waals surface area contributed by atoms with Crippen molar-refractivity contribution in [2.75, 3.05) is 0 Å². The van der Waals surface area contributed by atoms with Gasteiger partial charge < -0.3 is 0 Å². The van der Waals surface area contributed by atoms with E-state index in [1.165, 1.54) is 18.2 Å². The number of allylic oxidation sites excluding steroid dienone is 1. The van der Waals surface area contributed by atoms with Crippen molar-refractivity contribution in [3.8, 4) is 0 Å². The quantitative estimate of drug-likeness (QED) is 0.370. The molecule has 1 heterocycles. The molecule has 2 rings (SSSR count). The Morgan fingerprint density at radius 2 is 2.31 bits per heavy atom. The van der Waals surface area contributed by atoms with Gasteiger partial charge in [0.2, 0.25) is 0 Å². The van der Waals surface area contributed by atoms with Crippen LogP contribution in [0, 0.1) is 5.82 Å². The Bertz CT molecular complexity index is 567. The molecule has 0 saturated heterocycles. The molecule has 0 radical (unpaired) electrons. The van der Waals surface area contributed by atoms with E-state index in [4.69, 9.17) is 0 Å². The van der Waals surface area contributed by atoms with Gasteiger partial charge in [-0.2, -0.15) is 5.10 Å². The Morgan fingerprint density at radius 1 is 1.50 bits per heavy atom. The standard InChI is InChI=1S/C10H7FIN2OP/c11-9-4-8-6-13-14(16-12)10(8)5-7(9)2-1-3-15/h1-6,16H/b2-1+. The highest BCUT2D eigenvalue weighted by molar-refractivity contribution is 14.2. The Labute approximate surface area is 106 Å². The van der Waals surface area contributed by atoms with Crippen molar-refractivity contribution >= 4 is 51.7 Å². The summed E-state index contributed by atoms with van der Waals surface area (Å²) in [6.07, 6.45) is 5.45. The molecule has 0 saturated carbocycles. The van der Waals surface area contributed by atoms with Gasteiger partial charge >= 0.3 is 0 Å². The lowest BCUT2D eigenvalue weighted by Gasteiger charge is -2.00. The van der Waals surface area contributed by atoms with Crippen molar-refractivity contribution in [2.45, 2.75) is 0 Å². The number of carbonyl (C=O) groups is 1. The third-order valence-electron chi connectivity index (χ3n) is 2.12. The van der Waals surface area contributed by atoms with Gasteiger partial charge in [0.1, 0.15) is 12.1 Å². The molecule has 2 aromatic rings. The maximum absolute atomic E-state index is 13.6. The molecule has 16 heavy (non-hydrogen) atoms. The second kappa shape index (κ2) is 5.01. The summed E-state index contributed by atoms with van der Waals surface area (Å²) in [7, 11) is 0. The van der Waals surface area contributed by atoms with Crippen LogP contribution in [0.3, 0.4) is 0 Å². The monoisotopic (exact) mass is 348 g/mol. The van der Waals surface area contributed by atoms with E-state index in [2.05, 4.69) is 27.1 Å². The van der Waals surface area contributed by atoms with E-state index in [1.807, 2.05) is 0 Å². The van der Waals surface area contributed by atoms with Gasteiger partial charge in [-0.1, -0.05) is 0 Å². The van der Waals surface area contributed by atoms with Crippen LogP contribution >= 0.6 is 28.4 Å². The number of fused-ring (bicyclic) bond motifs is 1. The fourth-order valence-electron chi connectivity index (χ4n) is 1.40. The molecule has 1 unspecified atom stereocenters. The number of rotatable bonds is 3. The van der Waals surface area contributed by atoms with Gasteiger partial charge in [-0.3, -0.25) is 4.79 Å². The van der Waals surface area contributed by atoms with E-state index in [9.17, 15) is 9.18 Å². The number of aldehydes is 1. The predicted molar refractivity (Wildman–Crippen MR) is 72.5 cm³/mol. The minimum absolute atomic E-state index is 0.345. The summed E-state index contributed by atoms with van der Waals surface area (Å²) < 4.78 is 15.4. The molecule has 3 nitrogen and oxygen atoms in total. The Hall–Kier alpha value is -0.810. The van der Waals surface area contributed by atoms with Crippen molar-refractivity contribution in [1.29, 1.82) is 0 Å². The molecule has 1 aromatic heterocycles. The molecule has 0 amide bonds. The summed E-state index contributed by atoms with van der Waals surface area (Å²) in [5.41, 5.74) is 1.27. The largest absolute Gasteiger partial charge is 0.299 e. The maximum atomic E-state index is 13.6. The van der Waals surface area contributed by atoms with E-state index in [-0.39, 0.29) is 5.82 Å². The second-order valence-corrected chi connectivity index (χ2v) is 5.11. The Kier molecular flexibility index (Phi) is 3.66. The smallest absolute Gasteiger partial charge is 0.142 e. The highest BCUT2D eigenvalue weighted by atomic mass is 127. The Morgan fingerprint density at radius 3 is 3.00 bits per heavy atom. The molecule has 0 fully saturated rings. The van der Waals surface area contributed by atoms with Crippen molar-refractivity contribution in [3.63, 3.8) is 0 Å². The number of benzene rings is 1. The molecule has 0 aliphatic carbocycles. The van der Waals surface area contributed by atoms with E-state index in [1.54, 1.807) is 16.7 Å². The first-order valence-electron chi connectivity index (χ1n) is 4.42. The molecule has 0 spiro atoms. The average molecular weight is 348 g/mol. The molecule has 0 bridgehead atoms. The van der Waals surface area contributed by atoms with Crippen LogP contribution in [0.4, 0.5) is 4.39 Å².